The molecule has 0 atom stereocenters. The lowest BCUT2D eigenvalue weighted by atomic mass is 10.1. The summed E-state index contributed by atoms with van der Waals surface area (Å²) in [5.74, 6) is -0.748. The molecular weight excluding hydrogens is 307 g/mol. The molecule has 0 bridgehead atoms. The fraction of sp³-hybridized carbons (Fsp3) is 0.333. The van der Waals surface area contributed by atoms with E-state index in [1.54, 1.807) is 11.0 Å². The number of hydrogen-bond acceptors (Lipinski definition) is 4. The number of nitrogens with zero attached hydrogens (tertiary/aromatic N) is 3. The first-order valence-electron chi connectivity index (χ1n) is 6.98. The highest BCUT2D eigenvalue weighted by Crippen LogP contribution is 2.30. The number of rotatable bonds is 1. The van der Waals surface area contributed by atoms with Crippen LogP contribution in [0.3, 0.4) is 0 Å². The Labute approximate surface area is 132 Å². The molecule has 3 rings (SSSR count). The van der Waals surface area contributed by atoms with Gasteiger partial charge in [0.15, 0.2) is 5.82 Å². The van der Waals surface area contributed by atoms with Crippen LogP contribution in [0, 0.1) is 5.82 Å². The molecule has 22 heavy (non-hydrogen) atoms. The van der Waals surface area contributed by atoms with Gasteiger partial charge in [0.05, 0.1) is 10.6 Å². The van der Waals surface area contributed by atoms with Gasteiger partial charge in [0.1, 0.15) is 5.82 Å². The number of nitrogen functional groups attached to an aromatic ring is 1. The maximum Gasteiger partial charge on any atom is 0.256 e. The van der Waals surface area contributed by atoms with Gasteiger partial charge in [-0.05, 0) is 24.6 Å². The van der Waals surface area contributed by atoms with E-state index < -0.39 is 5.82 Å². The molecule has 2 N–H and O–H groups in total. The molecule has 2 aromatic rings. The summed E-state index contributed by atoms with van der Waals surface area (Å²) >= 11 is 6.05. The van der Waals surface area contributed by atoms with Gasteiger partial charge in [-0.1, -0.05) is 11.6 Å². The number of fused-ring (bicyclic) bond motifs is 1. The van der Waals surface area contributed by atoms with Gasteiger partial charge >= 0.3 is 0 Å². The van der Waals surface area contributed by atoms with Crippen molar-refractivity contribution < 1.29 is 9.18 Å². The number of halogens is 2. The van der Waals surface area contributed by atoms with Crippen molar-refractivity contribution >= 4 is 34.1 Å². The Bertz CT molecular complexity index is 744. The molecule has 0 unspecified atom stereocenters. The zero-order valence-corrected chi connectivity index (χ0v) is 12.9. The van der Waals surface area contributed by atoms with Crippen molar-refractivity contribution in [3.05, 3.63) is 34.7 Å². The van der Waals surface area contributed by atoms with Crippen LogP contribution in [0.15, 0.2) is 18.3 Å². The van der Waals surface area contributed by atoms with Gasteiger partial charge in [0.2, 0.25) is 0 Å². The van der Waals surface area contributed by atoms with Crippen LogP contribution in [-0.4, -0.2) is 53.9 Å². The summed E-state index contributed by atoms with van der Waals surface area (Å²) < 4.78 is 14.5. The lowest BCUT2D eigenvalue weighted by Crippen LogP contribution is -2.47. The molecular formula is C15H16ClFN4O. The average Bonchev–Trinajstić information content (AvgIpc) is 2.51. The van der Waals surface area contributed by atoms with Crippen molar-refractivity contribution in [3.63, 3.8) is 0 Å². The van der Waals surface area contributed by atoms with Crippen molar-refractivity contribution in [2.24, 2.45) is 0 Å². The third-order valence-electron chi connectivity index (χ3n) is 3.94. The molecule has 0 saturated carbocycles. The Morgan fingerprint density at radius 3 is 2.68 bits per heavy atom. The quantitative estimate of drug-likeness (QED) is 0.872. The fourth-order valence-electron chi connectivity index (χ4n) is 2.58. The molecule has 2 heterocycles. The van der Waals surface area contributed by atoms with E-state index in [4.69, 9.17) is 17.3 Å². The van der Waals surface area contributed by atoms with Crippen LogP contribution in [0.5, 0.6) is 0 Å². The number of benzene rings is 1. The summed E-state index contributed by atoms with van der Waals surface area (Å²) in [7, 11) is 1.99. The Balaban J connectivity index is 2.03. The van der Waals surface area contributed by atoms with Crippen molar-refractivity contribution in [1.82, 2.24) is 14.8 Å². The predicted octanol–water partition coefficient (Wildman–Crippen LogP) is 2.00. The maximum absolute atomic E-state index is 14.5. The Hall–Kier alpha value is -1.92. The number of aromatic nitrogens is 1. The number of pyridine rings is 1. The Morgan fingerprint density at radius 1 is 1.32 bits per heavy atom. The van der Waals surface area contributed by atoms with E-state index in [0.717, 1.165) is 13.1 Å². The van der Waals surface area contributed by atoms with Crippen molar-refractivity contribution in [2.45, 2.75) is 0 Å². The number of likely N-dealkylation sites (N-methyl/N-ethyl adjacent to an activating group) is 1. The second kappa shape index (κ2) is 5.70. The maximum atomic E-state index is 14.5. The molecule has 1 aliphatic heterocycles. The van der Waals surface area contributed by atoms with Gasteiger partial charge < -0.3 is 15.5 Å². The highest BCUT2D eigenvalue weighted by atomic mass is 35.5. The third-order valence-corrected chi connectivity index (χ3v) is 4.31. The molecule has 116 valence electrons. The molecule has 0 spiro atoms. The van der Waals surface area contributed by atoms with Gasteiger partial charge in [0.25, 0.3) is 5.91 Å². The van der Waals surface area contributed by atoms with Gasteiger partial charge in [-0.15, -0.1) is 0 Å². The van der Waals surface area contributed by atoms with Crippen molar-refractivity contribution in [1.29, 1.82) is 0 Å². The van der Waals surface area contributed by atoms with Crippen LogP contribution >= 0.6 is 11.6 Å². The minimum absolute atomic E-state index is 0.0207. The molecule has 1 saturated heterocycles. The second-order valence-corrected chi connectivity index (χ2v) is 5.86. The smallest absolute Gasteiger partial charge is 0.256 e. The first kappa shape index (κ1) is 15.0. The zero-order chi connectivity index (χ0) is 15.9. The minimum Gasteiger partial charge on any atom is -0.384 e. The SMILES string of the molecule is CN1CCN(C(=O)c2cc3cc(N)ncc3c(Cl)c2F)CC1. The highest BCUT2D eigenvalue weighted by Gasteiger charge is 2.25. The Kier molecular flexibility index (Phi) is 3.88. The second-order valence-electron chi connectivity index (χ2n) is 5.48. The van der Waals surface area contributed by atoms with E-state index in [1.807, 2.05) is 7.05 Å². The van der Waals surface area contributed by atoms with Crippen LogP contribution in [0.25, 0.3) is 10.8 Å². The van der Waals surface area contributed by atoms with E-state index in [9.17, 15) is 9.18 Å². The fourth-order valence-corrected chi connectivity index (χ4v) is 2.84. The summed E-state index contributed by atoms with van der Waals surface area (Å²) in [6.45, 7) is 2.68. The summed E-state index contributed by atoms with van der Waals surface area (Å²) in [6.07, 6.45) is 1.42. The van der Waals surface area contributed by atoms with E-state index in [2.05, 4.69) is 9.88 Å². The van der Waals surface area contributed by atoms with Gasteiger partial charge in [-0.2, -0.15) is 0 Å². The number of piperazine rings is 1. The lowest BCUT2D eigenvalue weighted by molar-refractivity contribution is 0.0659. The molecule has 1 amide bonds. The Morgan fingerprint density at radius 2 is 2.00 bits per heavy atom. The summed E-state index contributed by atoms with van der Waals surface area (Å²) in [6, 6.07) is 3.08. The number of carbonyl (C=O) groups is 1. The first-order chi connectivity index (χ1) is 10.5. The third kappa shape index (κ3) is 2.60. The van der Waals surface area contributed by atoms with Crippen LogP contribution in [-0.2, 0) is 0 Å². The van der Waals surface area contributed by atoms with Crippen LogP contribution < -0.4 is 5.73 Å². The van der Waals surface area contributed by atoms with Crippen molar-refractivity contribution in [2.75, 3.05) is 39.0 Å². The first-order valence-corrected chi connectivity index (χ1v) is 7.36. The zero-order valence-electron chi connectivity index (χ0n) is 12.1. The molecule has 0 aliphatic carbocycles. The molecule has 1 aromatic heterocycles. The number of nitrogens with two attached hydrogens (primary N) is 1. The normalized spacial score (nSPS) is 16.2. The number of amides is 1. The lowest BCUT2D eigenvalue weighted by Gasteiger charge is -2.32. The molecule has 7 heteroatoms. The number of anilines is 1. The average molecular weight is 323 g/mol. The monoisotopic (exact) mass is 322 g/mol. The van der Waals surface area contributed by atoms with Crippen LogP contribution in [0.1, 0.15) is 10.4 Å². The molecule has 0 radical (unpaired) electrons. The standard InChI is InChI=1S/C15H16ClFN4O/c1-20-2-4-21(5-3-20)15(22)10-6-9-7-12(18)19-8-11(9)13(16)14(10)17/h6-8H,2-5H2,1H3,(H2,18,19). The molecule has 5 nitrogen and oxygen atoms in total. The topological polar surface area (TPSA) is 62.5 Å². The molecule has 1 fully saturated rings. The summed E-state index contributed by atoms with van der Waals surface area (Å²) in [5, 5.41) is 0.960. The van der Waals surface area contributed by atoms with Gasteiger partial charge in [-0.3, -0.25) is 4.79 Å². The van der Waals surface area contributed by atoms with E-state index in [0.29, 0.717) is 29.7 Å². The summed E-state index contributed by atoms with van der Waals surface area (Å²) in [4.78, 5) is 20.2. The van der Waals surface area contributed by atoms with Crippen LogP contribution in [0.2, 0.25) is 5.02 Å². The highest BCUT2D eigenvalue weighted by molar-refractivity contribution is 6.36. The molecule has 1 aliphatic rings. The van der Waals surface area contributed by atoms with Crippen LogP contribution in [0.4, 0.5) is 10.2 Å². The predicted molar refractivity (Wildman–Crippen MR) is 84.5 cm³/mol. The number of hydrogen-bond donors (Lipinski definition) is 1. The largest absolute Gasteiger partial charge is 0.384 e. The summed E-state index contributed by atoms with van der Waals surface area (Å²) in [5.41, 5.74) is 5.63. The number of carbonyl (C=O) groups excluding carboxylic acids is 1. The van der Waals surface area contributed by atoms with E-state index in [-0.39, 0.29) is 16.5 Å². The van der Waals surface area contributed by atoms with E-state index >= 15 is 0 Å². The van der Waals surface area contributed by atoms with Gasteiger partial charge in [0, 0.05) is 37.8 Å². The molecule has 1 aromatic carbocycles. The van der Waals surface area contributed by atoms with E-state index in [1.165, 1.54) is 12.3 Å². The minimum atomic E-state index is -0.704. The van der Waals surface area contributed by atoms with Crippen molar-refractivity contribution in [3.8, 4) is 0 Å². The van der Waals surface area contributed by atoms with Gasteiger partial charge in [-0.25, -0.2) is 9.37 Å².